The van der Waals surface area contributed by atoms with Crippen LogP contribution < -0.4 is 0 Å². The van der Waals surface area contributed by atoms with Crippen LogP contribution in [0.3, 0.4) is 0 Å². The molecule has 0 bridgehead atoms. The maximum atomic E-state index is 9.96. The summed E-state index contributed by atoms with van der Waals surface area (Å²) in [7, 11) is 0. The number of benzene rings is 1. The van der Waals surface area contributed by atoms with E-state index >= 15 is 0 Å². The molecule has 1 aliphatic rings. The summed E-state index contributed by atoms with van der Waals surface area (Å²) in [5.74, 6) is 0.398. The highest BCUT2D eigenvalue weighted by Crippen LogP contribution is 2.21. The van der Waals surface area contributed by atoms with E-state index in [4.69, 9.17) is 0 Å². The zero-order valence-corrected chi connectivity index (χ0v) is 12.5. The van der Waals surface area contributed by atoms with Crippen LogP contribution in [-0.4, -0.2) is 39.0 Å². The topological polar surface area (TPSA) is 41.3 Å². The highest BCUT2D eigenvalue weighted by molar-refractivity contribution is 5.30. The minimum absolute atomic E-state index is 0.131. The number of likely N-dealkylation sites (tertiary alicyclic amines) is 1. The van der Waals surface area contributed by atoms with Gasteiger partial charge in [-0.3, -0.25) is 4.90 Å². The first-order valence-corrected chi connectivity index (χ1v) is 7.76. The average Bonchev–Trinajstić information content (AvgIpc) is 2.98. The summed E-state index contributed by atoms with van der Waals surface area (Å²) < 4.78 is 1.92. The fourth-order valence-corrected chi connectivity index (χ4v) is 3.04. The van der Waals surface area contributed by atoms with Gasteiger partial charge in [-0.25, -0.2) is 4.68 Å². The lowest BCUT2D eigenvalue weighted by molar-refractivity contribution is 0.0217. The normalized spacial score (nSPS) is 23.3. The molecule has 2 aromatic rings. The van der Waals surface area contributed by atoms with E-state index in [1.165, 1.54) is 0 Å². The molecule has 2 atom stereocenters. The second-order valence-electron chi connectivity index (χ2n) is 5.85. The van der Waals surface area contributed by atoms with E-state index in [-0.39, 0.29) is 6.10 Å². The Balaban J connectivity index is 1.65. The van der Waals surface area contributed by atoms with Crippen molar-refractivity contribution in [2.45, 2.75) is 32.4 Å². The third-order valence-electron chi connectivity index (χ3n) is 4.35. The molecule has 3 rings (SSSR count). The summed E-state index contributed by atoms with van der Waals surface area (Å²) >= 11 is 0. The van der Waals surface area contributed by atoms with Gasteiger partial charge in [-0.05, 0) is 37.0 Å². The molecule has 0 aliphatic carbocycles. The van der Waals surface area contributed by atoms with Crippen LogP contribution in [0.25, 0.3) is 5.69 Å². The van der Waals surface area contributed by atoms with Crippen molar-refractivity contribution in [2.24, 2.45) is 5.92 Å². The fraction of sp³-hybridized carbons (Fsp3) is 0.471. The van der Waals surface area contributed by atoms with Gasteiger partial charge in [0, 0.05) is 25.8 Å². The maximum Gasteiger partial charge on any atom is 0.0769 e. The Morgan fingerprint density at radius 1 is 1.24 bits per heavy atom. The Morgan fingerprint density at radius 2 is 2.05 bits per heavy atom. The maximum absolute atomic E-state index is 9.96. The fourth-order valence-electron chi connectivity index (χ4n) is 3.04. The number of nitrogens with zero attached hydrogens (tertiary/aromatic N) is 3. The van der Waals surface area contributed by atoms with Crippen molar-refractivity contribution in [1.82, 2.24) is 14.7 Å². The highest BCUT2D eigenvalue weighted by atomic mass is 16.3. The molecule has 1 fully saturated rings. The number of rotatable bonds is 4. The van der Waals surface area contributed by atoms with Crippen LogP contribution >= 0.6 is 0 Å². The van der Waals surface area contributed by atoms with Crippen LogP contribution in [0.1, 0.15) is 25.5 Å². The Morgan fingerprint density at radius 3 is 2.81 bits per heavy atom. The SMILES string of the molecule is CCC1CN(Cc2ccn(-c3ccccc3)n2)CCC1O. The summed E-state index contributed by atoms with van der Waals surface area (Å²) in [4.78, 5) is 2.40. The van der Waals surface area contributed by atoms with Crippen molar-refractivity contribution in [2.75, 3.05) is 13.1 Å². The van der Waals surface area contributed by atoms with Gasteiger partial charge in [0.1, 0.15) is 0 Å². The zero-order valence-electron chi connectivity index (χ0n) is 12.5. The molecule has 1 aromatic carbocycles. The lowest BCUT2D eigenvalue weighted by Gasteiger charge is -2.35. The van der Waals surface area contributed by atoms with Gasteiger partial charge in [0.15, 0.2) is 0 Å². The third kappa shape index (κ3) is 3.34. The minimum Gasteiger partial charge on any atom is -0.393 e. The number of hydrogen-bond donors (Lipinski definition) is 1. The van der Waals surface area contributed by atoms with Gasteiger partial charge in [-0.2, -0.15) is 5.10 Å². The van der Waals surface area contributed by atoms with Gasteiger partial charge < -0.3 is 5.11 Å². The number of piperidine rings is 1. The number of hydrogen-bond acceptors (Lipinski definition) is 3. The van der Waals surface area contributed by atoms with Crippen LogP contribution in [0.5, 0.6) is 0 Å². The summed E-state index contributed by atoms with van der Waals surface area (Å²) in [5, 5.41) is 14.6. The van der Waals surface area contributed by atoms with Crippen molar-refractivity contribution in [1.29, 1.82) is 0 Å². The second kappa shape index (κ2) is 6.41. The Bertz CT molecular complexity index is 566. The molecule has 112 valence electrons. The van der Waals surface area contributed by atoms with Crippen LogP contribution in [0.4, 0.5) is 0 Å². The van der Waals surface area contributed by atoms with Crippen molar-refractivity contribution in [3.63, 3.8) is 0 Å². The van der Waals surface area contributed by atoms with Gasteiger partial charge in [0.05, 0.1) is 17.5 Å². The standard InChI is InChI=1S/C17H23N3O/c1-2-14-12-19(10-9-17(14)21)13-15-8-11-20(18-15)16-6-4-3-5-7-16/h3-8,11,14,17,21H,2,9-10,12-13H2,1H3. The van der Waals surface area contributed by atoms with E-state index in [1.54, 1.807) is 0 Å². The first-order chi connectivity index (χ1) is 10.3. The lowest BCUT2D eigenvalue weighted by atomic mass is 9.92. The van der Waals surface area contributed by atoms with Crippen molar-refractivity contribution in [3.05, 3.63) is 48.3 Å². The average molecular weight is 285 g/mol. The Kier molecular flexibility index (Phi) is 4.36. The molecule has 2 unspecified atom stereocenters. The number of aliphatic hydroxyl groups excluding tert-OH is 1. The number of para-hydroxylation sites is 1. The minimum atomic E-state index is -0.131. The molecular weight excluding hydrogens is 262 g/mol. The molecule has 0 amide bonds. The summed E-state index contributed by atoms with van der Waals surface area (Å²) in [6, 6.07) is 12.3. The van der Waals surface area contributed by atoms with Gasteiger partial charge in [0.2, 0.25) is 0 Å². The van der Waals surface area contributed by atoms with Gasteiger partial charge in [-0.15, -0.1) is 0 Å². The predicted octanol–water partition coefficient (Wildman–Crippen LogP) is 2.47. The summed E-state index contributed by atoms with van der Waals surface area (Å²) in [6.45, 7) is 4.94. The Labute approximate surface area is 126 Å². The van der Waals surface area contributed by atoms with Gasteiger partial charge in [-0.1, -0.05) is 25.1 Å². The molecule has 0 spiro atoms. The molecule has 0 radical (unpaired) electrons. The molecule has 4 nitrogen and oxygen atoms in total. The van der Waals surface area contributed by atoms with Gasteiger partial charge >= 0.3 is 0 Å². The van der Waals surface area contributed by atoms with Crippen LogP contribution in [-0.2, 0) is 6.54 Å². The van der Waals surface area contributed by atoms with Crippen molar-refractivity contribution < 1.29 is 5.11 Å². The predicted molar refractivity (Wildman–Crippen MR) is 83.2 cm³/mol. The van der Waals surface area contributed by atoms with Crippen LogP contribution in [0, 0.1) is 5.92 Å². The van der Waals surface area contributed by atoms with E-state index in [0.717, 1.165) is 43.9 Å². The third-order valence-corrected chi connectivity index (χ3v) is 4.35. The van der Waals surface area contributed by atoms with E-state index in [0.29, 0.717) is 5.92 Å². The van der Waals surface area contributed by atoms with Crippen LogP contribution in [0.2, 0.25) is 0 Å². The molecule has 1 N–H and O–H groups in total. The Hall–Kier alpha value is -1.65. The van der Waals surface area contributed by atoms with Crippen LogP contribution in [0.15, 0.2) is 42.6 Å². The largest absolute Gasteiger partial charge is 0.393 e. The monoisotopic (exact) mass is 285 g/mol. The van der Waals surface area contributed by atoms with E-state index in [2.05, 4.69) is 35.1 Å². The molecule has 0 saturated carbocycles. The molecule has 4 heteroatoms. The molecule has 1 aliphatic heterocycles. The molecule has 1 saturated heterocycles. The zero-order chi connectivity index (χ0) is 14.7. The summed E-state index contributed by atoms with van der Waals surface area (Å²) in [5.41, 5.74) is 2.18. The molecular formula is C17H23N3O. The van der Waals surface area contributed by atoms with E-state index < -0.39 is 0 Å². The first kappa shape index (κ1) is 14.3. The molecule has 1 aromatic heterocycles. The number of aromatic nitrogens is 2. The smallest absolute Gasteiger partial charge is 0.0769 e. The van der Waals surface area contributed by atoms with Crippen molar-refractivity contribution >= 4 is 0 Å². The highest BCUT2D eigenvalue weighted by Gasteiger charge is 2.26. The molecule has 2 heterocycles. The molecule has 21 heavy (non-hydrogen) atoms. The second-order valence-corrected chi connectivity index (χ2v) is 5.85. The first-order valence-electron chi connectivity index (χ1n) is 7.76. The quantitative estimate of drug-likeness (QED) is 0.938. The number of aliphatic hydroxyl groups is 1. The lowest BCUT2D eigenvalue weighted by Crippen LogP contribution is -2.42. The van der Waals surface area contributed by atoms with Gasteiger partial charge in [0.25, 0.3) is 0 Å². The van der Waals surface area contributed by atoms with E-state index in [9.17, 15) is 5.11 Å². The van der Waals surface area contributed by atoms with Crippen molar-refractivity contribution in [3.8, 4) is 5.69 Å². The summed E-state index contributed by atoms with van der Waals surface area (Å²) in [6.07, 6.45) is 3.79. The van der Waals surface area contributed by atoms with E-state index in [1.807, 2.05) is 29.1 Å².